The van der Waals surface area contributed by atoms with Crippen molar-refractivity contribution in [3.05, 3.63) is 35.9 Å². The number of phenols is 2. The molecule has 1 saturated heterocycles. The maximum Gasteiger partial charge on any atom is 0.342 e. The van der Waals surface area contributed by atoms with Crippen molar-refractivity contribution in [3.63, 3.8) is 0 Å². The fourth-order valence-electron chi connectivity index (χ4n) is 3.21. The second-order valence-corrected chi connectivity index (χ2v) is 6.50. The summed E-state index contributed by atoms with van der Waals surface area (Å²) in [5, 5.41) is 21.1. The number of carbonyl (C=O) groups is 2. The van der Waals surface area contributed by atoms with Crippen LogP contribution < -0.4 is 0 Å². The van der Waals surface area contributed by atoms with Gasteiger partial charge in [0.1, 0.15) is 17.1 Å². The van der Waals surface area contributed by atoms with E-state index >= 15 is 0 Å². The molecule has 1 aliphatic heterocycles. The average Bonchev–Trinajstić information content (AvgIpc) is 2.62. The van der Waals surface area contributed by atoms with Crippen LogP contribution in [0.4, 0.5) is 0 Å². The molecule has 25 heavy (non-hydrogen) atoms. The first kappa shape index (κ1) is 17.1. The number of carbonyl (C=O) groups excluding carboxylic acids is 2. The van der Waals surface area contributed by atoms with Crippen LogP contribution in [0.15, 0.2) is 30.3 Å². The number of phenolic OH excluding ortho intramolecular Hbond substituents is 2. The first-order valence-electron chi connectivity index (χ1n) is 8.36. The Kier molecular flexibility index (Phi) is 4.79. The monoisotopic (exact) mass is 343 g/mol. The fraction of sp³-hybridized carbons (Fsp3) is 0.368. The van der Waals surface area contributed by atoms with Gasteiger partial charge in [0, 0.05) is 23.9 Å². The predicted molar refractivity (Wildman–Crippen MR) is 92.5 cm³/mol. The molecule has 0 aliphatic carbocycles. The van der Waals surface area contributed by atoms with Gasteiger partial charge in [0.25, 0.3) is 5.91 Å². The van der Waals surface area contributed by atoms with Gasteiger partial charge < -0.3 is 19.8 Å². The minimum absolute atomic E-state index is 0.128. The van der Waals surface area contributed by atoms with Gasteiger partial charge in [0.05, 0.1) is 0 Å². The number of fused-ring (bicyclic) bond motifs is 1. The Hall–Kier alpha value is -2.76. The molecule has 1 atom stereocenters. The van der Waals surface area contributed by atoms with Crippen molar-refractivity contribution >= 4 is 22.6 Å². The highest BCUT2D eigenvalue weighted by Crippen LogP contribution is 2.35. The Morgan fingerprint density at radius 2 is 1.96 bits per heavy atom. The van der Waals surface area contributed by atoms with Gasteiger partial charge in [-0.15, -0.1) is 0 Å². The van der Waals surface area contributed by atoms with Gasteiger partial charge in [-0.2, -0.15) is 0 Å². The molecule has 2 N–H and O–H groups in total. The number of hydrogen-bond acceptors (Lipinski definition) is 5. The molecule has 0 radical (unpaired) electrons. The third kappa shape index (κ3) is 3.52. The maximum absolute atomic E-state index is 12.2. The molecule has 0 bridgehead atoms. The van der Waals surface area contributed by atoms with Gasteiger partial charge in [0.2, 0.25) is 0 Å². The second-order valence-electron chi connectivity index (χ2n) is 6.50. The summed E-state index contributed by atoms with van der Waals surface area (Å²) in [5.74, 6) is -1.04. The zero-order chi connectivity index (χ0) is 18.0. The van der Waals surface area contributed by atoms with Gasteiger partial charge in [0.15, 0.2) is 6.61 Å². The van der Waals surface area contributed by atoms with E-state index < -0.39 is 5.97 Å². The smallest absolute Gasteiger partial charge is 0.342 e. The number of piperidine rings is 1. The summed E-state index contributed by atoms with van der Waals surface area (Å²) >= 11 is 0. The van der Waals surface area contributed by atoms with Gasteiger partial charge in [-0.05, 0) is 24.8 Å². The normalized spacial score (nSPS) is 17.5. The van der Waals surface area contributed by atoms with Crippen LogP contribution >= 0.6 is 0 Å². The van der Waals surface area contributed by atoms with Crippen LogP contribution in [0.2, 0.25) is 0 Å². The number of amides is 1. The number of rotatable bonds is 3. The van der Waals surface area contributed by atoms with Crippen molar-refractivity contribution in [1.82, 2.24) is 4.90 Å². The lowest BCUT2D eigenvalue weighted by Gasteiger charge is -2.30. The average molecular weight is 343 g/mol. The Bertz CT molecular complexity index is 817. The summed E-state index contributed by atoms with van der Waals surface area (Å²) in [6, 6.07) is 7.81. The van der Waals surface area contributed by atoms with Crippen molar-refractivity contribution in [2.24, 2.45) is 5.92 Å². The third-order valence-electron chi connectivity index (χ3n) is 4.55. The molecule has 0 aromatic heterocycles. The Balaban J connectivity index is 1.72. The van der Waals surface area contributed by atoms with E-state index in [1.807, 2.05) is 0 Å². The molecule has 6 heteroatoms. The van der Waals surface area contributed by atoms with E-state index in [4.69, 9.17) is 4.74 Å². The molecule has 3 rings (SSSR count). The molecule has 1 aliphatic rings. The lowest BCUT2D eigenvalue weighted by molar-refractivity contribution is -0.136. The molecule has 132 valence electrons. The third-order valence-corrected chi connectivity index (χ3v) is 4.55. The zero-order valence-electron chi connectivity index (χ0n) is 14.1. The Morgan fingerprint density at radius 1 is 1.24 bits per heavy atom. The van der Waals surface area contributed by atoms with Gasteiger partial charge in [-0.3, -0.25) is 4.79 Å². The van der Waals surface area contributed by atoms with Gasteiger partial charge in [-0.1, -0.05) is 31.2 Å². The molecule has 1 fully saturated rings. The standard InChI is InChI=1S/C19H21NO5/c1-12-5-4-8-20(10-12)17(22)11-25-19(24)15-9-16(21)13-6-2-3-7-14(13)18(15)23/h2-3,6-7,9,12,21,23H,4-5,8,10-11H2,1H3/t12-/m1/s1. The summed E-state index contributed by atoms with van der Waals surface area (Å²) in [6.07, 6.45) is 2.04. The number of ether oxygens (including phenoxy) is 1. The van der Waals surface area contributed by atoms with Crippen LogP contribution in [0.3, 0.4) is 0 Å². The highest BCUT2D eigenvalue weighted by Gasteiger charge is 2.23. The Morgan fingerprint density at radius 3 is 2.68 bits per heavy atom. The largest absolute Gasteiger partial charge is 0.507 e. The summed E-state index contributed by atoms with van der Waals surface area (Å²) < 4.78 is 5.06. The molecule has 0 saturated carbocycles. The maximum atomic E-state index is 12.2. The number of esters is 1. The fourth-order valence-corrected chi connectivity index (χ4v) is 3.21. The van der Waals surface area contributed by atoms with E-state index in [9.17, 15) is 19.8 Å². The Labute approximate surface area is 145 Å². The number of nitrogens with zero attached hydrogens (tertiary/aromatic N) is 1. The highest BCUT2D eigenvalue weighted by atomic mass is 16.5. The first-order valence-corrected chi connectivity index (χ1v) is 8.36. The summed E-state index contributed by atoms with van der Waals surface area (Å²) in [4.78, 5) is 26.1. The molecule has 1 amide bonds. The van der Waals surface area contributed by atoms with Crippen molar-refractivity contribution in [1.29, 1.82) is 0 Å². The van der Waals surface area contributed by atoms with E-state index in [0.29, 0.717) is 29.8 Å². The first-order chi connectivity index (χ1) is 12.0. The molecule has 1 heterocycles. The molecule has 2 aromatic carbocycles. The second kappa shape index (κ2) is 7.01. The number of likely N-dealkylation sites (tertiary alicyclic amines) is 1. The van der Waals surface area contributed by atoms with Crippen LogP contribution in [0.5, 0.6) is 11.5 Å². The quantitative estimate of drug-likeness (QED) is 0.661. The lowest BCUT2D eigenvalue weighted by atomic mass is 10.0. The van der Waals surface area contributed by atoms with Crippen LogP contribution in [-0.2, 0) is 9.53 Å². The SMILES string of the molecule is C[C@@H]1CCCN(C(=O)COC(=O)c2cc(O)c3ccccc3c2O)C1. The number of hydrogen-bond donors (Lipinski definition) is 2. The minimum atomic E-state index is -0.836. The van der Waals surface area contributed by atoms with Crippen LogP contribution in [-0.4, -0.2) is 46.7 Å². The molecule has 0 spiro atoms. The van der Waals surface area contributed by atoms with Crippen molar-refractivity contribution in [3.8, 4) is 11.5 Å². The molecule has 2 aromatic rings. The topological polar surface area (TPSA) is 87.1 Å². The highest BCUT2D eigenvalue weighted by molar-refractivity contribution is 6.04. The van der Waals surface area contributed by atoms with Crippen molar-refractivity contribution in [2.45, 2.75) is 19.8 Å². The van der Waals surface area contributed by atoms with Crippen LogP contribution in [0.25, 0.3) is 10.8 Å². The van der Waals surface area contributed by atoms with Crippen LogP contribution in [0.1, 0.15) is 30.1 Å². The number of benzene rings is 2. The van der Waals surface area contributed by atoms with Gasteiger partial charge in [-0.25, -0.2) is 4.79 Å². The molecule has 0 unspecified atom stereocenters. The summed E-state index contributed by atoms with van der Waals surface area (Å²) in [7, 11) is 0. The molecule has 6 nitrogen and oxygen atoms in total. The van der Waals surface area contributed by atoms with Crippen molar-refractivity contribution < 1.29 is 24.5 Å². The predicted octanol–water partition coefficient (Wildman–Crippen LogP) is 2.67. The molecular weight excluding hydrogens is 322 g/mol. The van der Waals surface area contributed by atoms with E-state index in [1.54, 1.807) is 29.2 Å². The minimum Gasteiger partial charge on any atom is -0.507 e. The number of aromatic hydroxyl groups is 2. The van der Waals surface area contributed by atoms with Crippen molar-refractivity contribution in [2.75, 3.05) is 19.7 Å². The van der Waals surface area contributed by atoms with E-state index in [2.05, 4.69) is 6.92 Å². The van der Waals surface area contributed by atoms with Gasteiger partial charge >= 0.3 is 5.97 Å². The summed E-state index contributed by atoms with van der Waals surface area (Å²) in [6.45, 7) is 3.04. The molecular formula is C19H21NO5. The van der Waals surface area contributed by atoms with E-state index in [-0.39, 0.29) is 29.6 Å². The lowest BCUT2D eigenvalue weighted by Crippen LogP contribution is -2.41. The van der Waals surface area contributed by atoms with E-state index in [1.165, 1.54) is 0 Å². The summed E-state index contributed by atoms with van der Waals surface area (Å²) in [5.41, 5.74) is -0.156. The van der Waals surface area contributed by atoms with E-state index in [0.717, 1.165) is 18.9 Å². The van der Waals surface area contributed by atoms with Crippen LogP contribution in [0, 0.1) is 5.92 Å². The zero-order valence-corrected chi connectivity index (χ0v) is 14.1.